The van der Waals surface area contributed by atoms with E-state index < -0.39 is 16.1 Å². The number of aliphatic hydroxyl groups is 1. The SMILES string of the molecule is CN(c1ccc(C(=O)N2C[C@@H](Cc3ccccn3)[C@H](O)C2)cc1)S(C)(=O)=O. The summed E-state index contributed by atoms with van der Waals surface area (Å²) in [5, 5.41) is 10.3. The third kappa shape index (κ3) is 4.45. The first-order valence-electron chi connectivity index (χ1n) is 8.67. The standard InChI is InChI=1S/C19H23N3O4S/c1-21(27(2,25)26)17-8-6-14(7-9-17)19(24)22-12-15(18(23)13-22)11-16-5-3-4-10-20-16/h3-10,15,18,23H,11-13H2,1-2H3/t15-,18-/m1/s1. The molecule has 0 aliphatic carbocycles. The number of aromatic nitrogens is 1. The van der Waals surface area contributed by atoms with Crippen molar-refractivity contribution in [2.24, 2.45) is 5.92 Å². The zero-order valence-corrected chi connectivity index (χ0v) is 16.1. The molecule has 0 radical (unpaired) electrons. The average molecular weight is 389 g/mol. The molecule has 0 unspecified atom stereocenters. The van der Waals surface area contributed by atoms with E-state index >= 15 is 0 Å². The highest BCUT2D eigenvalue weighted by atomic mass is 32.2. The lowest BCUT2D eigenvalue weighted by Crippen LogP contribution is -2.30. The summed E-state index contributed by atoms with van der Waals surface area (Å²) in [7, 11) is -1.89. The van der Waals surface area contributed by atoms with E-state index in [2.05, 4.69) is 4.98 Å². The van der Waals surface area contributed by atoms with Crippen molar-refractivity contribution < 1.29 is 18.3 Å². The number of hydrogen-bond donors (Lipinski definition) is 1. The number of pyridine rings is 1. The largest absolute Gasteiger partial charge is 0.391 e. The van der Waals surface area contributed by atoms with Gasteiger partial charge in [-0.25, -0.2) is 8.42 Å². The average Bonchev–Trinajstić information content (AvgIpc) is 3.01. The van der Waals surface area contributed by atoms with Gasteiger partial charge >= 0.3 is 0 Å². The van der Waals surface area contributed by atoms with Crippen molar-refractivity contribution in [1.82, 2.24) is 9.88 Å². The van der Waals surface area contributed by atoms with Crippen LogP contribution in [0.15, 0.2) is 48.7 Å². The Bertz CT molecular complexity index is 900. The van der Waals surface area contributed by atoms with Crippen LogP contribution in [0.3, 0.4) is 0 Å². The molecule has 1 fully saturated rings. The highest BCUT2D eigenvalue weighted by Gasteiger charge is 2.34. The van der Waals surface area contributed by atoms with Crippen molar-refractivity contribution >= 4 is 21.6 Å². The van der Waals surface area contributed by atoms with Gasteiger partial charge in [0.1, 0.15) is 0 Å². The Hall–Kier alpha value is -2.45. The molecule has 0 spiro atoms. The van der Waals surface area contributed by atoms with Gasteiger partial charge in [0.05, 0.1) is 18.0 Å². The number of benzene rings is 1. The van der Waals surface area contributed by atoms with Gasteiger partial charge in [0.2, 0.25) is 10.0 Å². The molecule has 0 bridgehead atoms. The van der Waals surface area contributed by atoms with Crippen LogP contribution in [-0.4, -0.2) is 61.8 Å². The minimum Gasteiger partial charge on any atom is -0.391 e. The first-order chi connectivity index (χ1) is 12.8. The van der Waals surface area contributed by atoms with Gasteiger partial charge < -0.3 is 10.0 Å². The number of amides is 1. The maximum absolute atomic E-state index is 12.7. The summed E-state index contributed by atoms with van der Waals surface area (Å²) in [5.74, 6) is -0.231. The number of nitrogens with zero attached hydrogens (tertiary/aromatic N) is 3. The molecular formula is C19H23N3O4S. The molecule has 1 aliphatic heterocycles. The van der Waals surface area contributed by atoms with Gasteiger partial charge in [-0.2, -0.15) is 0 Å². The van der Waals surface area contributed by atoms with Gasteiger partial charge in [-0.3, -0.25) is 14.1 Å². The second kappa shape index (κ2) is 7.66. The quantitative estimate of drug-likeness (QED) is 0.829. The molecule has 0 saturated carbocycles. The fourth-order valence-corrected chi connectivity index (χ4v) is 3.70. The minimum atomic E-state index is -3.35. The Labute approximate surface area is 159 Å². The smallest absolute Gasteiger partial charge is 0.253 e. The number of carbonyl (C=O) groups is 1. The molecule has 144 valence electrons. The van der Waals surface area contributed by atoms with Crippen molar-refractivity contribution in [1.29, 1.82) is 0 Å². The van der Waals surface area contributed by atoms with Crippen LogP contribution in [0.4, 0.5) is 5.69 Å². The fraction of sp³-hybridized carbons (Fsp3) is 0.368. The number of hydrogen-bond acceptors (Lipinski definition) is 5. The third-order valence-corrected chi connectivity index (χ3v) is 6.07. The van der Waals surface area contributed by atoms with Gasteiger partial charge in [-0.1, -0.05) is 6.07 Å². The van der Waals surface area contributed by atoms with Crippen LogP contribution in [0, 0.1) is 5.92 Å². The number of sulfonamides is 1. The molecule has 27 heavy (non-hydrogen) atoms. The van der Waals surface area contributed by atoms with E-state index in [0.717, 1.165) is 16.3 Å². The fourth-order valence-electron chi connectivity index (χ4n) is 3.20. The molecule has 3 rings (SSSR count). The Kier molecular flexibility index (Phi) is 5.48. The van der Waals surface area contributed by atoms with Gasteiger partial charge in [0.15, 0.2) is 0 Å². The predicted octanol–water partition coefficient (Wildman–Crippen LogP) is 1.15. The second-order valence-corrected chi connectivity index (χ2v) is 8.85. The summed E-state index contributed by atoms with van der Waals surface area (Å²) in [4.78, 5) is 18.7. The summed E-state index contributed by atoms with van der Waals surface area (Å²) in [6.45, 7) is 0.739. The van der Waals surface area contributed by atoms with Crippen LogP contribution in [0.2, 0.25) is 0 Å². The van der Waals surface area contributed by atoms with E-state index in [9.17, 15) is 18.3 Å². The van der Waals surface area contributed by atoms with Crippen molar-refractivity contribution in [2.45, 2.75) is 12.5 Å². The van der Waals surface area contributed by atoms with Crippen molar-refractivity contribution in [2.75, 3.05) is 30.7 Å². The predicted molar refractivity (Wildman–Crippen MR) is 103 cm³/mol. The van der Waals surface area contributed by atoms with Crippen LogP contribution in [0.1, 0.15) is 16.1 Å². The lowest BCUT2D eigenvalue weighted by molar-refractivity contribution is 0.0764. The first kappa shape index (κ1) is 19.3. The zero-order chi connectivity index (χ0) is 19.6. The molecule has 8 heteroatoms. The van der Waals surface area contributed by atoms with Crippen molar-refractivity contribution in [3.05, 3.63) is 59.9 Å². The molecule has 1 N–H and O–H groups in total. The molecule has 7 nitrogen and oxygen atoms in total. The summed E-state index contributed by atoms with van der Waals surface area (Å²) < 4.78 is 24.4. The van der Waals surface area contributed by atoms with Gasteiger partial charge in [0.25, 0.3) is 5.91 Å². The number of likely N-dealkylation sites (tertiary alicyclic amines) is 1. The van der Waals surface area contributed by atoms with E-state index in [1.54, 1.807) is 35.4 Å². The maximum Gasteiger partial charge on any atom is 0.253 e. The minimum absolute atomic E-state index is 0.0560. The first-order valence-corrected chi connectivity index (χ1v) is 10.5. The third-order valence-electron chi connectivity index (χ3n) is 4.87. The Morgan fingerprint density at radius 2 is 1.93 bits per heavy atom. The monoisotopic (exact) mass is 389 g/mol. The van der Waals surface area contributed by atoms with E-state index in [4.69, 9.17) is 0 Å². The molecule has 1 aromatic carbocycles. The molecule has 1 amide bonds. The summed E-state index contributed by atoms with van der Waals surface area (Å²) in [6.07, 6.45) is 2.87. The van der Waals surface area contributed by atoms with E-state index in [0.29, 0.717) is 24.2 Å². The van der Waals surface area contributed by atoms with Crippen molar-refractivity contribution in [3.8, 4) is 0 Å². The Morgan fingerprint density at radius 1 is 1.22 bits per heavy atom. The normalized spacial score (nSPS) is 19.9. The molecule has 1 aliphatic rings. The van der Waals surface area contributed by atoms with E-state index in [-0.39, 0.29) is 18.4 Å². The molecule has 1 saturated heterocycles. The molecular weight excluding hydrogens is 366 g/mol. The Balaban J connectivity index is 1.67. The second-order valence-electron chi connectivity index (χ2n) is 6.84. The van der Waals surface area contributed by atoms with Crippen LogP contribution >= 0.6 is 0 Å². The number of aliphatic hydroxyl groups excluding tert-OH is 1. The van der Waals surface area contributed by atoms with Crippen LogP contribution in [0.5, 0.6) is 0 Å². The number of rotatable bonds is 5. The number of carbonyl (C=O) groups excluding carboxylic acids is 1. The van der Waals surface area contributed by atoms with Crippen LogP contribution in [0.25, 0.3) is 0 Å². The lowest BCUT2D eigenvalue weighted by atomic mass is 10.00. The van der Waals surface area contributed by atoms with Gasteiger partial charge in [0, 0.05) is 43.5 Å². The molecule has 2 aromatic rings. The van der Waals surface area contributed by atoms with Crippen LogP contribution in [-0.2, 0) is 16.4 Å². The summed E-state index contributed by atoms with van der Waals surface area (Å²) >= 11 is 0. The maximum atomic E-state index is 12.7. The molecule has 2 atom stereocenters. The van der Waals surface area contributed by atoms with Gasteiger partial charge in [-0.05, 0) is 42.8 Å². The highest BCUT2D eigenvalue weighted by molar-refractivity contribution is 7.92. The summed E-state index contributed by atoms with van der Waals surface area (Å²) in [6, 6.07) is 12.1. The zero-order valence-electron chi connectivity index (χ0n) is 15.3. The lowest BCUT2D eigenvalue weighted by Gasteiger charge is -2.19. The molecule has 2 heterocycles. The van der Waals surface area contributed by atoms with Crippen molar-refractivity contribution in [3.63, 3.8) is 0 Å². The van der Waals surface area contributed by atoms with Crippen LogP contribution < -0.4 is 4.31 Å². The van der Waals surface area contributed by atoms with E-state index in [1.807, 2.05) is 18.2 Å². The molecule has 1 aromatic heterocycles. The topological polar surface area (TPSA) is 90.8 Å². The highest BCUT2D eigenvalue weighted by Crippen LogP contribution is 2.24. The number of β-amino-alcohol motifs (C(OH)–C–C–N with tert-alkyl or cyclic N) is 1. The number of anilines is 1. The summed E-state index contributed by atoms with van der Waals surface area (Å²) in [5.41, 5.74) is 1.85. The Morgan fingerprint density at radius 3 is 2.52 bits per heavy atom. The van der Waals surface area contributed by atoms with Gasteiger partial charge in [-0.15, -0.1) is 0 Å². The van der Waals surface area contributed by atoms with E-state index in [1.165, 1.54) is 7.05 Å².